The Morgan fingerprint density at radius 1 is 1.04 bits per heavy atom. The predicted octanol–water partition coefficient (Wildman–Crippen LogP) is 5.78. The molecular weight excluding hydrogens is 296 g/mol. The van der Waals surface area contributed by atoms with Crippen molar-refractivity contribution in [2.24, 2.45) is 11.3 Å². The molecule has 1 unspecified atom stereocenters. The molecule has 2 aliphatic carbocycles. The number of hydrogen-bond acceptors (Lipinski definition) is 2. The number of hydrogen-bond donors (Lipinski definition) is 0. The maximum absolute atomic E-state index is 12.9. The zero-order valence-electron chi connectivity index (χ0n) is 15.6. The second-order valence-corrected chi connectivity index (χ2v) is 8.73. The number of rotatable bonds is 2. The van der Waals surface area contributed by atoms with E-state index in [1.165, 1.54) is 49.7 Å². The second kappa shape index (κ2) is 6.90. The van der Waals surface area contributed by atoms with Crippen molar-refractivity contribution in [1.29, 1.82) is 0 Å². The van der Waals surface area contributed by atoms with Crippen molar-refractivity contribution in [3.05, 3.63) is 35.4 Å². The number of fused-ring (bicyclic) bond motifs is 1. The van der Waals surface area contributed by atoms with E-state index >= 15 is 0 Å². The van der Waals surface area contributed by atoms with Crippen LogP contribution in [0, 0.1) is 11.3 Å². The molecule has 0 heterocycles. The second-order valence-electron chi connectivity index (χ2n) is 8.73. The van der Waals surface area contributed by atoms with Crippen LogP contribution in [0.1, 0.15) is 83.3 Å². The molecule has 2 aliphatic rings. The predicted molar refractivity (Wildman–Crippen MR) is 97.8 cm³/mol. The van der Waals surface area contributed by atoms with Crippen molar-refractivity contribution in [3.63, 3.8) is 0 Å². The quantitative estimate of drug-likeness (QED) is 0.508. The largest absolute Gasteiger partial charge is 0.453 e. The monoisotopic (exact) mass is 328 g/mol. The summed E-state index contributed by atoms with van der Waals surface area (Å²) in [6, 6.07) is 8.71. The lowest BCUT2D eigenvalue weighted by atomic mass is 9.70. The zero-order valence-corrected chi connectivity index (χ0v) is 15.6. The van der Waals surface area contributed by atoms with Gasteiger partial charge in [0.05, 0.1) is 5.41 Å². The van der Waals surface area contributed by atoms with Crippen molar-refractivity contribution in [2.75, 3.05) is 0 Å². The lowest BCUT2D eigenvalue weighted by molar-refractivity contribution is -0.181. The summed E-state index contributed by atoms with van der Waals surface area (Å²) in [7, 11) is 0. The molecule has 24 heavy (non-hydrogen) atoms. The molecule has 1 aromatic carbocycles. The fraction of sp³-hybridized carbons (Fsp3) is 0.682. The number of ether oxygens (including phenoxy) is 1. The lowest BCUT2D eigenvalue weighted by Crippen LogP contribution is -2.43. The van der Waals surface area contributed by atoms with Gasteiger partial charge in [-0.05, 0) is 70.4 Å². The van der Waals surface area contributed by atoms with Gasteiger partial charge in [0.25, 0.3) is 0 Å². The van der Waals surface area contributed by atoms with Crippen LogP contribution in [0.2, 0.25) is 0 Å². The minimum Gasteiger partial charge on any atom is -0.453 e. The average Bonchev–Trinajstić information content (AvgIpc) is 2.76. The highest BCUT2D eigenvalue weighted by molar-refractivity contribution is 5.76. The molecule has 0 bridgehead atoms. The SMILES string of the molecule is CC(C)(C)C(=O)OC1(C2CCCCC2)CCCCc2ccccc21. The molecule has 132 valence electrons. The third kappa shape index (κ3) is 3.38. The van der Waals surface area contributed by atoms with Gasteiger partial charge in [-0.3, -0.25) is 4.79 Å². The highest BCUT2D eigenvalue weighted by atomic mass is 16.6. The molecule has 0 aliphatic heterocycles. The molecule has 0 amide bonds. The van der Waals surface area contributed by atoms with Crippen LogP contribution in [0.3, 0.4) is 0 Å². The van der Waals surface area contributed by atoms with Crippen LogP contribution in [-0.4, -0.2) is 5.97 Å². The van der Waals surface area contributed by atoms with Crippen molar-refractivity contribution in [1.82, 2.24) is 0 Å². The van der Waals surface area contributed by atoms with Crippen LogP contribution in [0.4, 0.5) is 0 Å². The van der Waals surface area contributed by atoms with E-state index in [9.17, 15) is 4.79 Å². The van der Waals surface area contributed by atoms with E-state index in [1.807, 2.05) is 20.8 Å². The summed E-state index contributed by atoms with van der Waals surface area (Å²) in [4.78, 5) is 12.9. The summed E-state index contributed by atoms with van der Waals surface area (Å²) in [6.45, 7) is 5.89. The first-order valence-electron chi connectivity index (χ1n) is 9.75. The first-order chi connectivity index (χ1) is 11.4. The third-order valence-electron chi connectivity index (χ3n) is 5.87. The highest BCUT2D eigenvalue weighted by Crippen LogP contribution is 2.49. The summed E-state index contributed by atoms with van der Waals surface area (Å²) in [5, 5.41) is 0. The molecular formula is C22H32O2. The Morgan fingerprint density at radius 3 is 2.46 bits per heavy atom. The van der Waals surface area contributed by atoms with E-state index in [1.54, 1.807) is 0 Å². The first-order valence-corrected chi connectivity index (χ1v) is 9.75. The molecule has 0 radical (unpaired) electrons. The van der Waals surface area contributed by atoms with E-state index in [0.717, 1.165) is 19.3 Å². The van der Waals surface area contributed by atoms with E-state index in [0.29, 0.717) is 5.92 Å². The van der Waals surface area contributed by atoms with Crippen molar-refractivity contribution >= 4 is 5.97 Å². The van der Waals surface area contributed by atoms with Crippen molar-refractivity contribution < 1.29 is 9.53 Å². The minimum absolute atomic E-state index is 0.0511. The maximum atomic E-state index is 12.9. The van der Waals surface area contributed by atoms with Gasteiger partial charge in [-0.1, -0.05) is 43.5 Å². The zero-order chi connectivity index (χ0) is 17.2. The Kier molecular flexibility index (Phi) is 5.03. The molecule has 0 saturated heterocycles. The Morgan fingerprint density at radius 2 is 1.75 bits per heavy atom. The Labute approximate surface area is 147 Å². The standard InChI is InChI=1S/C22H32O2/c1-21(2,3)20(23)24-22(18-13-5-4-6-14-18)16-10-9-12-17-11-7-8-15-19(17)22/h7-8,11,15,18H,4-6,9-10,12-14,16H2,1-3H3. The smallest absolute Gasteiger partial charge is 0.312 e. The van der Waals surface area contributed by atoms with E-state index in [4.69, 9.17) is 4.74 Å². The van der Waals surface area contributed by atoms with Gasteiger partial charge in [0, 0.05) is 5.92 Å². The molecule has 0 aromatic heterocycles. The molecule has 1 atom stereocenters. The van der Waals surface area contributed by atoms with Crippen molar-refractivity contribution in [3.8, 4) is 0 Å². The molecule has 1 fully saturated rings. The molecule has 0 N–H and O–H groups in total. The number of carbonyl (C=O) groups excluding carboxylic acids is 1. The first kappa shape index (κ1) is 17.5. The Balaban J connectivity index is 2.06. The Bertz CT molecular complexity index is 578. The maximum Gasteiger partial charge on any atom is 0.312 e. The summed E-state index contributed by atoms with van der Waals surface area (Å²) in [5.41, 5.74) is 1.83. The van der Waals surface area contributed by atoms with Gasteiger partial charge >= 0.3 is 5.97 Å². The van der Waals surface area contributed by atoms with Gasteiger partial charge < -0.3 is 4.74 Å². The molecule has 3 rings (SSSR count). The van der Waals surface area contributed by atoms with Crippen LogP contribution in [0.25, 0.3) is 0 Å². The lowest BCUT2D eigenvalue weighted by Gasteiger charge is -2.44. The normalized spacial score (nSPS) is 25.6. The summed E-state index contributed by atoms with van der Waals surface area (Å²) in [5.74, 6) is 0.418. The number of carbonyl (C=O) groups is 1. The molecule has 1 saturated carbocycles. The van der Waals surface area contributed by atoms with Gasteiger partial charge in [-0.15, -0.1) is 0 Å². The van der Waals surface area contributed by atoms with Gasteiger partial charge in [-0.25, -0.2) is 0 Å². The van der Waals surface area contributed by atoms with Crippen LogP contribution in [0.5, 0.6) is 0 Å². The van der Waals surface area contributed by atoms with Crippen LogP contribution < -0.4 is 0 Å². The van der Waals surface area contributed by atoms with Gasteiger partial charge in [-0.2, -0.15) is 0 Å². The Hall–Kier alpha value is -1.31. The van der Waals surface area contributed by atoms with Gasteiger partial charge in [0.1, 0.15) is 5.60 Å². The summed E-state index contributed by atoms with van der Waals surface area (Å²) < 4.78 is 6.45. The van der Waals surface area contributed by atoms with E-state index < -0.39 is 11.0 Å². The molecule has 0 spiro atoms. The number of esters is 1. The average molecular weight is 328 g/mol. The van der Waals surface area contributed by atoms with Crippen LogP contribution >= 0.6 is 0 Å². The van der Waals surface area contributed by atoms with Gasteiger partial charge in [0.15, 0.2) is 0 Å². The van der Waals surface area contributed by atoms with Crippen LogP contribution in [-0.2, 0) is 21.6 Å². The molecule has 2 nitrogen and oxygen atoms in total. The number of aryl methyl sites for hydroxylation is 1. The van der Waals surface area contributed by atoms with Crippen molar-refractivity contribution in [2.45, 2.75) is 84.2 Å². The van der Waals surface area contributed by atoms with E-state index in [2.05, 4.69) is 24.3 Å². The molecule has 1 aromatic rings. The van der Waals surface area contributed by atoms with E-state index in [-0.39, 0.29) is 5.97 Å². The minimum atomic E-state index is -0.455. The fourth-order valence-electron chi connectivity index (χ4n) is 4.49. The van der Waals surface area contributed by atoms with Crippen LogP contribution in [0.15, 0.2) is 24.3 Å². The summed E-state index contributed by atoms with van der Waals surface area (Å²) in [6.07, 6.45) is 10.7. The summed E-state index contributed by atoms with van der Waals surface area (Å²) >= 11 is 0. The number of benzene rings is 1. The third-order valence-corrected chi connectivity index (χ3v) is 5.87. The van der Waals surface area contributed by atoms with Gasteiger partial charge in [0.2, 0.25) is 0 Å². The highest BCUT2D eigenvalue weighted by Gasteiger charge is 2.47. The topological polar surface area (TPSA) is 26.3 Å². The fourth-order valence-corrected chi connectivity index (χ4v) is 4.49. The molecule has 2 heteroatoms.